The first kappa shape index (κ1) is 15.0. The molecule has 1 atom stereocenters. The van der Waals surface area contributed by atoms with Gasteiger partial charge in [-0.05, 0) is 36.2 Å². The molecule has 0 radical (unpaired) electrons. The Morgan fingerprint density at radius 3 is 2.77 bits per heavy atom. The second-order valence-corrected chi connectivity index (χ2v) is 5.56. The van der Waals surface area contributed by atoms with Crippen LogP contribution in [0.3, 0.4) is 0 Å². The van der Waals surface area contributed by atoms with E-state index in [1.165, 1.54) is 17.2 Å². The van der Waals surface area contributed by atoms with Gasteiger partial charge in [0, 0.05) is 12.1 Å². The number of fused-ring (bicyclic) bond motifs is 1. The number of hydrogen-bond acceptors (Lipinski definition) is 4. The minimum atomic E-state index is 0. The Balaban J connectivity index is 0.00000144. The van der Waals surface area contributed by atoms with Crippen LogP contribution in [0.4, 0.5) is 0 Å². The summed E-state index contributed by atoms with van der Waals surface area (Å²) >= 11 is 0. The first-order valence-corrected chi connectivity index (χ1v) is 7.44. The second kappa shape index (κ2) is 6.46. The number of rotatable bonds is 2. The Kier molecular flexibility index (Phi) is 4.41. The summed E-state index contributed by atoms with van der Waals surface area (Å²) in [5, 5.41) is 9.95. The van der Waals surface area contributed by atoms with E-state index in [0.717, 1.165) is 31.0 Å². The molecule has 0 aliphatic carbocycles. The molecule has 114 valence electrons. The molecule has 1 aliphatic heterocycles. The van der Waals surface area contributed by atoms with Gasteiger partial charge in [0.1, 0.15) is 0 Å². The molecule has 4 nitrogen and oxygen atoms in total. The average Bonchev–Trinajstić information content (AvgIpc) is 3.05. The third-order valence-corrected chi connectivity index (χ3v) is 4.10. The number of nitrogens with zero attached hydrogens (tertiary/aromatic N) is 2. The summed E-state index contributed by atoms with van der Waals surface area (Å²) in [7, 11) is 0. The number of benzene rings is 2. The maximum absolute atomic E-state index is 5.47. The van der Waals surface area contributed by atoms with Crippen molar-refractivity contribution in [3.63, 3.8) is 0 Å². The van der Waals surface area contributed by atoms with Crippen LogP contribution in [0.2, 0.25) is 0 Å². The van der Waals surface area contributed by atoms with Crippen LogP contribution in [0.1, 0.15) is 24.7 Å². The Morgan fingerprint density at radius 2 is 1.95 bits per heavy atom. The van der Waals surface area contributed by atoms with E-state index < -0.39 is 0 Å². The molecule has 1 saturated heterocycles. The van der Waals surface area contributed by atoms with Crippen molar-refractivity contribution < 1.29 is 4.52 Å². The van der Waals surface area contributed by atoms with E-state index in [4.69, 9.17) is 4.52 Å². The van der Waals surface area contributed by atoms with E-state index in [1.807, 2.05) is 12.1 Å². The van der Waals surface area contributed by atoms with Crippen molar-refractivity contribution >= 4 is 23.2 Å². The molecule has 1 N–H and O–H groups in total. The number of piperidine rings is 1. The molecule has 0 spiro atoms. The summed E-state index contributed by atoms with van der Waals surface area (Å²) in [6.45, 7) is 2.02. The largest absolute Gasteiger partial charge is 0.339 e. The van der Waals surface area contributed by atoms with Gasteiger partial charge >= 0.3 is 0 Å². The highest BCUT2D eigenvalue weighted by Crippen LogP contribution is 2.26. The molecule has 1 aliphatic rings. The van der Waals surface area contributed by atoms with Crippen molar-refractivity contribution in [3.8, 4) is 11.4 Å². The summed E-state index contributed by atoms with van der Waals surface area (Å²) in [5.41, 5.74) is 1.01. The normalized spacial score (nSPS) is 18.1. The Labute approximate surface area is 135 Å². The van der Waals surface area contributed by atoms with Gasteiger partial charge in [-0.3, -0.25) is 0 Å². The molecule has 1 fully saturated rings. The highest BCUT2D eigenvalue weighted by molar-refractivity contribution is 5.86. The molecular weight excluding hydrogens is 298 g/mol. The van der Waals surface area contributed by atoms with Gasteiger partial charge in [-0.25, -0.2) is 0 Å². The number of halogens is 1. The van der Waals surface area contributed by atoms with Gasteiger partial charge in [-0.1, -0.05) is 41.6 Å². The fraction of sp³-hybridized carbons (Fsp3) is 0.294. The molecule has 3 aromatic rings. The molecule has 1 unspecified atom stereocenters. The van der Waals surface area contributed by atoms with Crippen molar-refractivity contribution in [2.75, 3.05) is 13.1 Å². The highest BCUT2D eigenvalue weighted by atomic mass is 35.5. The van der Waals surface area contributed by atoms with Crippen LogP contribution in [-0.2, 0) is 0 Å². The molecular formula is C17H18ClN3O. The van der Waals surface area contributed by atoms with E-state index >= 15 is 0 Å². The molecule has 1 aromatic heterocycles. The Bertz CT molecular complexity index is 765. The van der Waals surface area contributed by atoms with E-state index in [2.05, 4.69) is 45.8 Å². The molecule has 4 rings (SSSR count). The van der Waals surface area contributed by atoms with Crippen LogP contribution < -0.4 is 5.32 Å². The third kappa shape index (κ3) is 2.85. The third-order valence-electron chi connectivity index (χ3n) is 4.10. The predicted octanol–water partition coefficient (Wildman–Crippen LogP) is 3.78. The van der Waals surface area contributed by atoms with Gasteiger partial charge < -0.3 is 9.84 Å². The number of hydrogen-bond donors (Lipinski definition) is 1. The maximum atomic E-state index is 5.47. The van der Waals surface area contributed by atoms with Gasteiger partial charge in [0.2, 0.25) is 11.7 Å². The number of nitrogens with one attached hydrogen (secondary N) is 1. The fourth-order valence-corrected chi connectivity index (χ4v) is 2.91. The Hall–Kier alpha value is -1.91. The molecule has 2 heterocycles. The highest BCUT2D eigenvalue weighted by Gasteiger charge is 2.21. The zero-order valence-electron chi connectivity index (χ0n) is 12.2. The van der Waals surface area contributed by atoms with Gasteiger partial charge in [0.05, 0.1) is 5.92 Å². The summed E-state index contributed by atoms with van der Waals surface area (Å²) in [6, 6.07) is 14.6. The van der Waals surface area contributed by atoms with Gasteiger partial charge in [0.25, 0.3) is 0 Å². The zero-order chi connectivity index (χ0) is 14.1. The molecule has 22 heavy (non-hydrogen) atoms. The lowest BCUT2D eigenvalue weighted by Gasteiger charge is -2.18. The minimum absolute atomic E-state index is 0. The molecule has 2 aromatic carbocycles. The second-order valence-electron chi connectivity index (χ2n) is 5.56. The average molecular weight is 316 g/mol. The van der Waals surface area contributed by atoms with Crippen LogP contribution in [0, 0.1) is 0 Å². The molecule has 5 heteroatoms. The van der Waals surface area contributed by atoms with Crippen molar-refractivity contribution in [1.82, 2.24) is 15.5 Å². The maximum Gasteiger partial charge on any atom is 0.231 e. The van der Waals surface area contributed by atoms with Crippen LogP contribution >= 0.6 is 12.4 Å². The van der Waals surface area contributed by atoms with E-state index in [-0.39, 0.29) is 12.4 Å². The van der Waals surface area contributed by atoms with Gasteiger partial charge in [-0.15, -0.1) is 12.4 Å². The van der Waals surface area contributed by atoms with Crippen molar-refractivity contribution in [2.24, 2.45) is 0 Å². The minimum Gasteiger partial charge on any atom is -0.339 e. The standard InChI is InChI=1S/C17H17N3O.ClH/c1-2-5-13-10-14(8-7-12(13)4-1)16-19-17(21-20-16)15-6-3-9-18-11-15;/h1-2,4-5,7-8,10,15,18H,3,6,9,11H2;1H. The Morgan fingerprint density at radius 1 is 1.09 bits per heavy atom. The fourth-order valence-electron chi connectivity index (χ4n) is 2.91. The predicted molar refractivity (Wildman–Crippen MR) is 89.3 cm³/mol. The summed E-state index contributed by atoms with van der Waals surface area (Å²) in [6.07, 6.45) is 2.28. The van der Waals surface area contributed by atoms with Gasteiger partial charge in [-0.2, -0.15) is 4.98 Å². The van der Waals surface area contributed by atoms with Crippen LogP contribution in [0.5, 0.6) is 0 Å². The summed E-state index contributed by atoms with van der Waals surface area (Å²) < 4.78 is 5.47. The monoisotopic (exact) mass is 315 g/mol. The summed E-state index contributed by atoms with van der Waals surface area (Å²) in [5.74, 6) is 1.78. The van der Waals surface area contributed by atoms with Crippen molar-refractivity contribution in [1.29, 1.82) is 0 Å². The van der Waals surface area contributed by atoms with E-state index in [9.17, 15) is 0 Å². The first-order valence-electron chi connectivity index (χ1n) is 7.44. The van der Waals surface area contributed by atoms with Crippen LogP contribution in [-0.4, -0.2) is 23.2 Å². The first-order chi connectivity index (χ1) is 10.4. The van der Waals surface area contributed by atoms with Crippen molar-refractivity contribution in [2.45, 2.75) is 18.8 Å². The van der Waals surface area contributed by atoms with E-state index in [0.29, 0.717) is 11.7 Å². The molecule has 0 saturated carbocycles. The lowest BCUT2D eigenvalue weighted by Crippen LogP contribution is -2.28. The van der Waals surface area contributed by atoms with Crippen molar-refractivity contribution in [3.05, 3.63) is 48.4 Å². The van der Waals surface area contributed by atoms with E-state index in [1.54, 1.807) is 0 Å². The topological polar surface area (TPSA) is 51.0 Å². The molecule has 0 bridgehead atoms. The van der Waals surface area contributed by atoms with Crippen LogP contribution in [0.15, 0.2) is 47.0 Å². The quantitative estimate of drug-likeness (QED) is 0.782. The lowest BCUT2D eigenvalue weighted by atomic mass is 10.00. The summed E-state index contributed by atoms with van der Waals surface area (Å²) in [4.78, 5) is 4.59. The number of aromatic nitrogens is 2. The van der Waals surface area contributed by atoms with Gasteiger partial charge in [0.15, 0.2) is 0 Å². The molecule has 0 amide bonds. The van der Waals surface area contributed by atoms with Crippen LogP contribution in [0.25, 0.3) is 22.2 Å². The zero-order valence-corrected chi connectivity index (χ0v) is 13.0. The smallest absolute Gasteiger partial charge is 0.231 e. The lowest BCUT2D eigenvalue weighted by molar-refractivity contribution is 0.322. The SMILES string of the molecule is Cl.c1ccc2cc(-c3noc(C4CCCNC4)n3)ccc2c1.